The van der Waals surface area contributed by atoms with E-state index in [0.29, 0.717) is 24.3 Å². The third-order valence-electron chi connectivity index (χ3n) is 4.05. The van der Waals surface area contributed by atoms with Crippen LogP contribution in [0.5, 0.6) is 0 Å². The minimum absolute atomic E-state index is 0.121. The Balaban J connectivity index is 1.93. The van der Waals surface area contributed by atoms with Gasteiger partial charge >= 0.3 is 0 Å². The van der Waals surface area contributed by atoms with E-state index in [0.717, 1.165) is 4.47 Å². The van der Waals surface area contributed by atoms with Crippen LogP contribution in [0.3, 0.4) is 0 Å². The highest BCUT2D eigenvalue weighted by Gasteiger charge is 2.32. The van der Waals surface area contributed by atoms with Crippen LogP contribution in [0, 0.1) is 5.82 Å². The van der Waals surface area contributed by atoms with E-state index in [-0.39, 0.29) is 17.0 Å². The Morgan fingerprint density at radius 1 is 1.46 bits per heavy atom. The molecule has 138 valence electrons. The van der Waals surface area contributed by atoms with Crippen molar-refractivity contribution in [1.29, 1.82) is 0 Å². The summed E-state index contributed by atoms with van der Waals surface area (Å²) in [6.07, 6.45) is 2.02. The molecule has 0 saturated carbocycles. The van der Waals surface area contributed by atoms with Crippen LogP contribution < -0.4 is 10.0 Å². The van der Waals surface area contributed by atoms with Crippen molar-refractivity contribution in [1.82, 2.24) is 4.98 Å². The molecule has 1 aromatic heterocycles. The molecule has 2 heterocycles. The van der Waals surface area contributed by atoms with Gasteiger partial charge in [-0.25, -0.2) is 17.8 Å². The molecule has 26 heavy (non-hydrogen) atoms. The van der Waals surface area contributed by atoms with Gasteiger partial charge in [-0.15, -0.1) is 0 Å². The number of fused-ring (bicyclic) bond motifs is 1. The fourth-order valence-corrected chi connectivity index (χ4v) is 4.37. The van der Waals surface area contributed by atoms with Gasteiger partial charge in [0.25, 0.3) is 0 Å². The molecule has 0 bridgehead atoms. The summed E-state index contributed by atoms with van der Waals surface area (Å²) in [7, 11) is -3.65. The number of Topliss-reactive ketones (excluding diaryl/α,β-unsaturated/α-hetero) is 1. The van der Waals surface area contributed by atoms with Gasteiger partial charge in [-0.2, -0.15) is 0 Å². The van der Waals surface area contributed by atoms with Crippen LogP contribution in [0.15, 0.2) is 34.9 Å². The van der Waals surface area contributed by atoms with Crippen molar-refractivity contribution in [3.05, 3.63) is 51.9 Å². The Bertz CT molecular complexity index is 966. The molecule has 9 heteroatoms. The van der Waals surface area contributed by atoms with Crippen molar-refractivity contribution >= 4 is 43.2 Å². The third kappa shape index (κ3) is 3.73. The Morgan fingerprint density at radius 3 is 2.96 bits per heavy atom. The van der Waals surface area contributed by atoms with Gasteiger partial charge in [0.2, 0.25) is 10.0 Å². The number of pyridine rings is 1. The van der Waals surface area contributed by atoms with Crippen molar-refractivity contribution in [2.45, 2.75) is 19.3 Å². The smallest absolute Gasteiger partial charge is 0.232 e. The quantitative estimate of drug-likeness (QED) is 0.669. The molecule has 0 amide bonds. The van der Waals surface area contributed by atoms with Crippen LogP contribution in [0.2, 0.25) is 0 Å². The van der Waals surface area contributed by atoms with Gasteiger partial charge in [-0.1, -0.05) is 13.0 Å². The predicted molar refractivity (Wildman–Crippen MR) is 102 cm³/mol. The number of benzene rings is 1. The Kier molecular flexibility index (Phi) is 5.29. The highest BCUT2D eigenvalue weighted by Crippen LogP contribution is 2.35. The average molecular weight is 442 g/mol. The van der Waals surface area contributed by atoms with E-state index in [1.807, 2.05) is 0 Å². The number of carbonyl (C=O) groups is 1. The van der Waals surface area contributed by atoms with Crippen molar-refractivity contribution < 1.29 is 17.6 Å². The van der Waals surface area contributed by atoms with Crippen molar-refractivity contribution in [2.24, 2.45) is 0 Å². The highest BCUT2D eigenvalue weighted by atomic mass is 79.9. The van der Waals surface area contributed by atoms with Gasteiger partial charge in [0.05, 0.1) is 22.9 Å². The standard InChI is InChI=1S/C17H17BrFN3O3S/c1-2-6-26(24,25)22-14-5-3-4-11(15(14)19)16(23)13-9-21-17-12(13)7-10(18)8-20-17/h3-5,7-8,13,22H,2,6,9H2,1H3,(H,20,21). The van der Waals surface area contributed by atoms with Gasteiger partial charge in [0.1, 0.15) is 5.82 Å². The van der Waals surface area contributed by atoms with Crippen LogP contribution in [-0.4, -0.2) is 31.5 Å². The second-order valence-electron chi connectivity index (χ2n) is 5.98. The second-order valence-corrected chi connectivity index (χ2v) is 8.73. The molecule has 1 aromatic carbocycles. The first-order valence-electron chi connectivity index (χ1n) is 8.05. The van der Waals surface area contributed by atoms with Crippen LogP contribution in [0.4, 0.5) is 15.9 Å². The Labute approximate surface area is 159 Å². The van der Waals surface area contributed by atoms with E-state index in [1.54, 1.807) is 19.2 Å². The molecule has 0 aliphatic carbocycles. The largest absolute Gasteiger partial charge is 0.369 e. The monoisotopic (exact) mass is 441 g/mol. The van der Waals surface area contributed by atoms with Crippen molar-refractivity contribution in [3.63, 3.8) is 0 Å². The Hall–Kier alpha value is -2.00. The summed E-state index contributed by atoms with van der Waals surface area (Å²) < 4.78 is 41.6. The normalized spacial score (nSPS) is 16.0. The molecular weight excluding hydrogens is 425 g/mol. The van der Waals surface area contributed by atoms with E-state index in [9.17, 15) is 17.6 Å². The zero-order chi connectivity index (χ0) is 18.9. The van der Waals surface area contributed by atoms with Crippen LogP contribution in [-0.2, 0) is 10.0 Å². The van der Waals surface area contributed by atoms with E-state index in [1.165, 1.54) is 18.2 Å². The molecule has 6 nitrogen and oxygen atoms in total. The molecule has 0 radical (unpaired) electrons. The summed E-state index contributed by atoms with van der Waals surface area (Å²) in [6, 6.07) is 5.90. The number of ketones is 1. The number of anilines is 2. The number of nitrogens with zero attached hydrogens (tertiary/aromatic N) is 1. The zero-order valence-electron chi connectivity index (χ0n) is 13.9. The number of sulfonamides is 1. The van der Waals surface area contributed by atoms with Crippen LogP contribution >= 0.6 is 15.9 Å². The van der Waals surface area contributed by atoms with Crippen molar-refractivity contribution in [2.75, 3.05) is 22.3 Å². The maximum atomic E-state index is 14.8. The molecular formula is C17H17BrFN3O3S. The highest BCUT2D eigenvalue weighted by molar-refractivity contribution is 9.10. The van der Waals surface area contributed by atoms with Gasteiger partial charge in [0.15, 0.2) is 11.6 Å². The summed E-state index contributed by atoms with van der Waals surface area (Å²) in [4.78, 5) is 17.1. The number of hydrogen-bond acceptors (Lipinski definition) is 5. The van der Waals surface area contributed by atoms with Gasteiger partial charge < -0.3 is 5.32 Å². The fraction of sp³-hybridized carbons (Fsp3) is 0.294. The van der Waals surface area contributed by atoms with E-state index in [2.05, 4.69) is 31.0 Å². The summed E-state index contributed by atoms with van der Waals surface area (Å²) in [5.74, 6) is -1.41. The predicted octanol–water partition coefficient (Wildman–Crippen LogP) is 3.53. The van der Waals surface area contributed by atoms with Gasteiger partial charge in [-0.05, 0) is 40.5 Å². The molecule has 0 fully saturated rings. The Morgan fingerprint density at radius 2 is 2.23 bits per heavy atom. The van der Waals surface area contributed by atoms with Gasteiger partial charge in [-0.3, -0.25) is 9.52 Å². The molecule has 0 spiro atoms. The second kappa shape index (κ2) is 7.32. The lowest BCUT2D eigenvalue weighted by Gasteiger charge is -2.13. The first-order chi connectivity index (χ1) is 12.3. The number of halogens is 2. The topological polar surface area (TPSA) is 88.2 Å². The summed E-state index contributed by atoms with van der Waals surface area (Å²) in [6.45, 7) is 2.02. The van der Waals surface area contributed by atoms with E-state index < -0.39 is 27.5 Å². The number of hydrogen-bond donors (Lipinski definition) is 2. The molecule has 1 aliphatic heterocycles. The first kappa shape index (κ1) is 18.8. The lowest BCUT2D eigenvalue weighted by molar-refractivity contribution is 0.0962. The summed E-state index contributed by atoms with van der Waals surface area (Å²) in [5.41, 5.74) is 0.310. The minimum atomic E-state index is -3.65. The molecule has 2 N–H and O–H groups in total. The van der Waals surface area contributed by atoms with E-state index >= 15 is 0 Å². The lowest BCUT2D eigenvalue weighted by atomic mass is 9.93. The summed E-state index contributed by atoms with van der Waals surface area (Å²) >= 11 is 3.32. The van der Waals surface area contributed by atoms with Gasteiger partial charge in [0, 0.05) is 22.8 Å². The van der Waals surface area contributed by atoms with Crippen LogP contribution in [0.1, 0.15) is 35.2 Å². The molecule has 1 unspecified atom stereocenters. The number of aromatic nitrogens is 1. The number of carbonyl (C=O) groups excluding carboxylic acids is 1. The third-order valence-corrected chi connectivity index (χ3v) is 5.96. The lowest BCUT2D eigenvalue weighted by Crippen LogP contribution is -2.20. The van der Waals surface area contributed by atoms with E-state index in [4.69, 9.17) is 0 Å². The molecule has 1 atom stereocenters. The zero-order valence-corrected chi connectivity index (χ0v) is 16.3. The summed E-state index contributed by atoms with van der Waals surface area (Å²) in [5, 5.41) is 3.03. The molecule has 2 aromatic rings. The maximum absolute atomic E-state index is 14.8. The number of nitrogens with one attached hydrogen (secondary N) is 2. The molecule has 0 saturated heterocycles. The first-order valence-corrected chi connectivity index (χ1v) is 10.5. The average Bonchev–Trinajstić information content (AvgIpc) is 2.99. The molecule has 3 rings (SSSR count). The molecule has 1 aliphatic rings. The minimum Gasteiger partial charge on any atom is -0.369 e. The number of rotatable bonds is 6. The van der Waals surface area contributed by atoms with Crippen molar-refractivity contribution in [3.8, 4) is 0 Å². The maximum Gasteiger partial charge on any atom is 0.232 e. The van der Waals surface area contributed by atoms with Crippen LogP contribution in [0.25, 0.3) is 0 Å². The SMILES string of the molecule is CCCS(=O)(=O)Nc1cccc(C(=O)C2CNc3ncc(Br)cc32)c1F. The fourth-order valence-electron chi connectivity index (χ4n) is 2.89.